The number of carbonyl (C=O) groups excluding carboxylic acids is 2. The molecule has 8 heteroatoms. The molecule has 0 spiro atoms. The highest BCUT2D eigenvalue weighted by Crippen LogP contribution is 1.90. The Balaban J connectivity index is 3.25. The molecular weight excluding hydrogens is 224 g/mol. The number of ether oxygens (including phenoxy) is 1. The zero-order chi connectivity index (χ0) is 11.5. The minimum absolute atomic E-state index is 0.157. The topological polar surface area (TPSA) is 105 Å². The molecule has 0 aromatic rings. The van der Waals surface area contributed by atoms with Crippen LogP contribution in [0.2, 0.25) is 0 Å². The Morgan fingerprint density at radius 3 is 2.80 bits per heavy atom. The summed E-state index contributed by atoms with van der Waals surface area (Å²) in [5.74, 6) is -1.02. The van der Waals surface area contributed by atoms with Gasteiger partial charge in [-0.15, -0.1) is 0 Å². The highest BCUT2D eigenvalue weighted by Gasteiger charge is 2.01. The van der Waals surface area contributed by atoms with Gasteiger partial charge in [0.05, 0.1) is 6.61 Å². The first-order valence-corrected chi connectivity index (χ1v) is 4.95. The fourth-order valence-electron chi connectivity index (χ4n) is 0.537. The fourth-order valence-corrected chi connectivity index (χ4v) is 0.947. The van der Waals surface area contributed by atoms with E-state index in [9.17, 15) is 14.4 Å². The maximum absolute atomic E-state index is 10.8. The molecule has 0 aliphatic carbocycles. The van der Waals surface area contributed by atoms with Crippen LogP contribution in [0.3, 0.4) is 0 Å². The smallest absolute Gasteiger partial charge is 0.418 e. The maximum atomic E-state index is 10.8. The Morgan fingerprint density at radius 2 is 2.20 bits per heavy atom. The van der Waals surface area contributed by atoms with Crippen LogP contribution in [0, 0.1) is 0 Å². The van der Waals surface area contributed by atoms with Gasteiger partial charge < -0.3 is 14.6 Å². The number of carboxylic acids is 1. The van der Waals surface area contributed by atoms with Gasteiger partial charge in [-0.1, -0.05) is 0 Å². The summed E-state index contributed by atoms with van der Waals surface area (Å²) >= 11 is 0.729. The molecule has 0 saturated carbocycles. The number of rotatable bonds is 8. The number of hydrogen-bond acceptors (Lipinski definition) is 6. The first-order valence-electron chi connectivity index (χ1n) is 4.13. The van der Waals surface area contributed by atoms with E-state index in [1.54, 1.807) is 0 Å². The summed E-state index contributed by atoms with van der Waals surface area (Å²) in [6.07, 6.45) is 0.885. The van der Waals surface area contributed by atoms with E-state index < -0.39 is 12.1 Å². The van der Waals surface area contributed by atoms with E-state index >= 15 is 0 Å². The van der Waals surface area contributed by atoms with Crippen LogP contribution in [0.15, 0.2) is 0 Å². The van der Waals surface area contributed by atoms with Crippen molar-refractivity contribution in [3.05, 3.63) is 0 Å². The highest BCUT2D eigenvalue weighted by molar-refractivity contribution is 7.96. The molecule has 3 N–H and O–H groups in total. The summed E-state index contributed by atoms with van der Waals surface area (Å²) in [7, 11) is 0. The number of carbonyl (C=O) groups is 3. The predicted molar refractivity (Wildman–Crippen MR) is 53.0 cm³/mol. The van der Waals surface area contributed by atoms with Crippen molar-refractivity contribution in [2.75, 3.05) is 13.2 Å². The standard InChI is InChI=1S/C7H12N2O5S/c10-3-1-2-4-14-7(13)9-15-8-5-6(11)12/h3,8H,1-2,4-5H2,(H,9,13)(H,11,12). The van der Waals surface area contributed by atoms with Crippen LogP contribution < -0.4 is 9.44 Å². The van der Waals surface area contributed by atoms with Crippen LogP contribution in [0.1, 0.15) is 12.8 Å². The summed E-state index contributed by atoms with van der Waals surface area (Å²) in [5, 5.41) is 8.23. The van der Waals surface area contributed by atoms with Crippen molar-refractivity contribution in [1.29, 1.82) is 0 Å². The number of carboxylic acid groups (broad SMARTS) is 1. The Morgan fingerprint density at radius 1 is 1.47 bits per heavy atom. The number of unbranched alkanes of at least 4 members (excludes halogenated alkanes) is 1. The molecule has 0 aliphatic rings. The van der Waals surface area contributed by atoms with Gasteiger partial charge in [0.2, 0.25) is 0 Å². The zero-order valence-electron chi connectivity index (χ0n) is 7.89. The van der Waals surface area contributed by atoms with Gasteiger partial charge in [0.15, 0.2) is 0 Å². The minimum atomic E-state index is -1.02. The molecule has 15 heavy (non-hydrogen) atoms. The lowest BCUT2D eigenvalue weighted by molar-refractivity contribution is -0.135. The van der Waals surface area contributed by atoms with Crippen molar-refractivity contribution in [3.8, 4) is 0 Å². The lowest BCUT2D eigenvalue weighted by Gasteiger charge is -2.04. The average molecular weight is 236 g/mol. The molecule has 0 aliphatic heterocycles. The van der Waals surface area contributed by atoms with E-state index in [0.717, 1.165) is 18.4 Å². The zero-order valence-corrected chi connectivity index (χ0v) is 8.71. The van der Waals surface area contributed by atoms with Gasteiger partial charge in [-0.25, -0.2) is 9.52 Å². The van der Waals surface area contributed by atoms with Crippen molar-refractivity contribution in [3.63, 3.8) is 0 Å². The first-order chi connectivity index (χ1) is 7.16. The molecule has 0 aromatic carbocycles. The Hall–Kier alpha value is -1.28. The number of aldehydes is 1. The van der Waals surface area contributed by atoms with Crippen molar-refractivity contribution in [2.24, 2.45) is 0 Å². The SMILES string of the molecule is O=CCCCOC(=O)NSNCC(=O)O. The van der Waals surface area contributed by atoms with Crippen molar-refractivity contribution in [2.45, 2.75) is 12.8 Å². The number of amides is 1. The van der Waals surface area contributed by atoms with E-state index in [4.69, 9.17) is 5.11 Å². The van der Waals surface area contributed by atoms with Gasteiger partial charge in [0, 0.05) is 18.6 Å². The fraction of sp³-hybridized carbons (Fsp3) is 0.571. The summed E-state index contributed by atoms with van der Waals surface area (Å²) in [6.45, 7) is -0.111. The maximum Gasteiger partial charge on any atom is 0.418 e. The van der Waals surface area contributed by atoms with Crippen LogP contribution in [-0.4, -0.2) is 36.6 Å². The number of aliphatic carboxylic acids is 1. The van der Waals surface area contributed by atoms with Gasteiger partial charge in [-0.3, -0.25) is 9.52 Å². The Labute approximate surface area is 90.8 Å². The molecule has 0 unspecified atom stereocenters. The van der Waals surface area contributed by atoms with Crippen LogP contribution in [-0.2, 0) is 14.3 Å². The van der Waals surface area contributed by atoms with Gasteiger partial charge in [-0.05, 0) is 6.42 Å². The van der Waals surface area contributed by atoms with Crippen molar-refractivity contribution in [1.82, 2.24) is 9.44 Å². The summed E-state index contributed by atoms with van der Waals surface area (Å²) in [6, 6.07) is 0. The van der Waals surface area contributed by atoms with Gasteiger partial charge in [0.25, 0.3) is 0 Å². The minimum Gasteiger partial charge on any atom is -0.480 e. The third-order valence-electron chi connectivity index (χ3n) is 1.13. The van der Waals surface area contributed by atoms with Crippen molar-refractivity contribution < 1.29 is 24.2 Å². The second-order valence-corrected chi connectivity index (χ2v) is 3.06. The van der Waals surface area contributed by atoms with Gasteiger partial charge in [-0.2, -0.15) is 0 Å². The van der Waals surface area contributed by atoms with Crippen LogP contribution >= 0.6 is 12.1 Å². The third kappa shape index (κ3) is 10.6. The molecule has 7 nitrogen and oxygen atoms in total. The molecule has 0 aromatic heterocycles. The Kier molecular flexibility index (Phi) is 8.49. The van der Waals surface area contributed by atoms with E-state index in [0.29, 0.717) is 12.8 Å². The number of hydrogen-bond donors (Lipinski definition) is 3. The molecule has 0 bridgehead atoms. The normalized spacial score (nSPS) is 9.33. The van der Waals surface area contributed by atoms with E-state index in [1.807, 2.05) is 0 Å². The first kappa shape index (κ1) is 13.7. The largest absolute Gasteiger partial charge is 0.480 e. The molecule has 1 amide bonds. The quantitative estimate of drug-likeness (QED) is 0.308. The van der Waals surface area contributed by atoms with E-state index in [2.05, 4.69) is 14.2 Å². The second kappa shape index (κ2) is 9.28. The van der Waals surface area contributed by atoms with Gasteiger partial charge >= 0.3 is 12.1 Å². The van der Waals surface area contributed by atoms with E-state index in [1.165, 1.54) is 0 Å². The van der Waals surface area contributed by atoms with Crippen LogP contribution in [0.25, 0.3) is 0 Å². The van der Waals surface area contributed by atoms with Crippen LogP contribution in [0.5, 0.6) is 0 Å². The summed E-state index contributed by atoms with van der Waals surface area (Å²) < 4.78 is 9.21. The second-order valence-electron chi connectivity index (χ2n) is 2.36. The van der Waals surface area contributed by atoms with Crippen LogP contribution in [0.4, 0.5) is 4.79 Å². The third-order valence-corrected chi connectivity index (χ3v) is 1.69. The summed E-state index contributed by atoms with van der Waals surface area (Å²) in [5.41, 5.74) is 0. The molecule has 86 valence electrons. The van der Waals surface area contributed by atoms with Crippen molar-refractivity contribution >= 4 is 30.5 Å². The summed E-state index contributed by atoms with van der Waals surface area (Å²) in [4.78, 5) is 30.8. The molecule has 0 saturated heterocycles. The number of nitrogens with one attached hydrogen (secondary N) is 2. The molecule has 0 heterocycles. The monoisotopic (exact) mass is 236 g/mol. The lowest BCUT2D eigenvalue weighted by Crippen LogP contribution is -2.25. The highest BCUT2D eigenvalue weighted by atomic mass is 32.2. The van der Waals surface area contributed by atoms with Gasteiger partial charge in [0.1, 0.15) is 12.8 Å². The molecular formula is C7H12N2O5S. The Bertz CT molecular complexity index is 223. The average Bonchev–Trinajstić information content (AvgIpc) is 2.19. The molecule has 0 rings (SSSR count). The molecule has 0 atom stereocenters. The molecule has 0 radical (unpaired) electrons. The molecule has 0 fully saturated rings. The predicted octanol–water partition coefficient (Wildman–Crippen LogP) is -0.0709. The van der Waals surface area contributed by atoms with E-state index in [-0.39, 0.29) is 13.2 Å². The lowest BCUT2D eigenvalue weighted by atomic mass is 10.4.